The van der Waals surface area contributed by atoms with Gasteiger partial charge >= 0.3 is 0 Å². The minimum absolute atomic E-state index is 0.262. The molecule has 0 radical (unpaired) electrons. The number of rotatable bonds is 4. The van der Waals surface area contributed by atoms with Crippen LogP contribution in [0.25, 0.3) is 0 Å². The van der Waals surface area contributed by atoms with Gasteiger partial charge in [-0.25, -0.2) is 9.97 Å². The van der Waals surface area contributed by atoms with Crippen LogP contribution in [0.3, 0.4) is 0 Å². The Morgan fingerprint density at radius 1 is 1.29 bits per heavy atom. The van der Waals surface area contributed by atoms with Crippen molar-refractivity contribution in [1.29, 1.82) is 0 Å². The predicted molar refractivity (Wildman–Crippen MR) is 85.0 cm³/mol. The van der Waals surface area contributed by atoms with Gasteiger partial charge in [0.15, 0.2) is 0 Å². The average molecular weight is 351 g/mol. The molecular formula is C14H15BrN4O2. The van der Waals surface area contributed by atoms with E-state index in [1.165, 1.54) is 0 Å². The standard InChI is InChI=1S/C14H15BrN4O2/c1-19(2)14-16-7-9(8-17-14)18-13(20)11-6-10(21-3)4-5-12(11)15/h4-8H,1-3H3,(H,18,20). The number of nitrogens with zero attached hydrogens (tertiary/aromatic N) is 3. The van der Waals surface area contributed by atoms with Crippen molar-refractivity contribution in [2.45, 2.75) is 0 Å². The Morgan fingerprint density at radius 2 is 1.95 bits per heavy atom. The Kier molecular flexibility index (Phi) is 4.74. The zero-order chi connectivity index (χ0) is 15.4. The summed E-state index contributed by atoms with van der Waals surface area (Å²) < 4.78 is 5.81. The Hall–Kier alpha value is -2.15. The van der Waals surface area contributed by atoms with Gasteiger partial charge in [-0.1, -0.05) is 0 Å². The van der Waals surface area contributed by atoms with E-state index in [2.05, 4.69) is 31.2 Å². The number of carbonyl (C=O) groups is 1. The van der Waals surface area contributed by atoms with Crippen molar-refractivity contribution in [2.75, 3.05) is 31.4 Å². The highest BCUT2D eigenvalue weighted by molar-refractivity contribution is 9.10. The largest absolute Gasteiger partial charge is 0.497 e. The summed E-state index contributed by atoms with van der Waals surface area (Å²) in [5.41, 5.74) is 1.01. The summed E-state index contributed by atoms with van der Waals surface area (Å²) in [4.78, 5) is 22.3. The molecule has 1 heterocycles. The first-order chi connectivity index (χ1) is 10.0. The SMILES string of the molecule is COc1ccc(Br)c(C(=O)Nc2cnc(N(C)C)nc2)c1. The Morgan fingerprint density at radius 3 is 2.52 bits per heavy atom. The molecule has 0 aliphatic heterocycles. The second-order valence-corrected chi connectivity index (χ2v) is 5.32. The summed E-state index contributed by atoms with van der Waals surface area (Å²) in [5.74, 6) is 0.931. The molecule has 2 rings (SSSR count). The lowest BCUT2D eigenvalue weighted by molar-refractivity contribution is 0.102. The summed E-state index contributed by atoms with van der Waals surface area (Å²) in [5, 5.41) is 2.75. The molecule has 0 aliphatic rings. The minimum Gasteiger partial charge on any atom is -0.497 e. The third-order valence-corrected chi connectivity index (χ3v) is 3.41. The number of halogens is 1. The predicted octanol–water partition coefficient (Wildman–Crippen LogP) is 2.57. The number of ether oxygens (including phenoxy) is 1. The molecule has 7 heteroatoms. The minimum atomic E-state index is -0.262. The van der Waals surface area contributed by atoms with Crippen LogP contribution in [-0.4, -0.2) is 37.1 Å². The highest BCUT2D eigenvalue weighted by Gasteiger charge is 2.12. The van der Waals surface area contributed by atoms with Crippen LogP contribution in [0.4, 0.5) is 11.6 Å². The molecule has 0 saturated heterocycles. The first-order valence-electron chi connectivity index (χ1n) is 6.15. The molecule has 1 N–H and O–H groups in total. The first-order valence-corrected chi connectivity index (χ1v) is 6.95. The molecule has 21 heavy (non-hydrogen) atoms. The maximum atomic E-state index is 12.3. The van der Waals surface area contributed by atoms with Crippen molar-refractivity contribution in [3.63, 3.8) is 0 Å². The topological polar surface area (TPSA) is 67.3 Å². The Labute approximate surface area is 131 Å². The molecule has 0 fully saturated rings. The molecule has 2 aromatic rings. The van der Waals surface area contributed by atoms with Crippen LogP contribution >= 0.6 is 15.9 Å². The van der Waals surface area contributed by atoms with Crippen LogP contribution < -0.4 is 15.0 Å². The normalized spacial score (nSPS) is 10.1. The van der Waals surface area contributed by atoms with Gasteiger partial charge in [-0.15, -0.1) is 0 Å². The van der Waals surface area contributed by atoms with Crippen LogP contribution in [-0.2, 0) is 0 Å². The summed E-state index contributed by atoms with van der Waals surface area (Å²) in [7, 11) is 5.25. The molecule has 0 saturated carbocycles. The molecule has 1 aromatic carbocycles. The first kappa shape index (κ1) is 15.2. The van der Waals surface area contributed by atoms with Crippen LogP contribution in [0.1, 0.15) is 10.4 Å². The van der Waals surface area contributed by atoms with Crippen LogP contribution in [0.2, 0.25) is 0 Å². The van der Waals surface area contributed by atoms with Gasteiger partial charge in [0.2, 0.25) is 5.95 Å². The molecule has 0 unspecified atom stereocenters. The zero-order valence-corrected chi connectivity index (χ0v) is 13.5. The number of amides is 1. The quantitative estimate of drug-likeness (QED) is 0.917. The number of aromatic nitrogens is 2. The number of methoxy groups -OCH3 is 1. The van der Waals surface area contributed by atoms with Crippen molar-refractivity contribution in [3.8, 4) is 5.75 Å². The molecule has 1 aromatic heterocycles. The van der Waals surface area contributed by atoms with Crippen LogP contribution in [0.5, 0.6) is 5.75 Å². The van der Waals surface area contributed by atoms with Gasteiger partial charge in [0.25, 0.3) is 5.91 Å². The summed E-state index contributed by atoms with van der Waals surface area (Å²) in [6.45, 7) is 0. The fraction of sp³-hybridized carbons (Fsp3) is 0.214. The number of carbonyl (C=O) groups excluding carboxylic acids is 1. The summed E-state index contributed by atoms with van der Waals surface area (Å²) >= 11 is 3.35. The van der Waals surface area contributed by atoms with E-state index in [1.54, 1.807) is 42.6 Å². The van der Waals surface area contributed by atoms with E-state index in [-0.39, 0.29) is 5.91 Å². The Bertz CT molecular complexity index is 644. The third kappa shape index (κ3) is 3.69. The van der Waals surface area contributed by atoms with E-state index in [0.29, 0.717) is 27.4 Å². The van der Waals surface area contributed by atoms with Crippen molar-refractivity contribution in [1.82, 2.24) is 9.97 Å². The molecule has 0 atom stereocenters. The van der Waals surface area contributed by atoms with E-state index in [1.807, 2.05) is 14.1 Å². The zero-order valence-electron chi connectivity index (χ0n) is 11.9. The summed E-state index contributed by atoms with van der Waals surface area (Å²) in [6.07, 6.45) is 3.13. The van der Waals surface area contributed by atoms with E-state index < -0.39 is 0 Å². The molecular weight excluding hydrogens is 336 g/mol. The smallest absolute Gasteiger partial charge is 0.257 e. The number of anilines is 2. The van der Waals surface area contributed by atoms with Gasteiger partial charge in [0.05, 0.1) is 30.8 Å². The molecule has 0 bridgehead atoms. The Balaban J connectivity index is 2.17. The molecule has 6 nitrogen and oxygen atoms in total. The van der Waals surface area contributed by atoms with Crippen molar-refractivity contribution in [3.05, 3.63) is 40.6 Å². The molecule has 0 aliphatic carbocycles. The van der Waals surface area contributed by atoms with Gasteiger partial charge in [-0.05, 0) is 34.1 Å². The average Bonchev–Trinajstić information content (AvgIpc) is 2.48. The summed E-state index contributed by atoms with van der Waals surface area (Å²) in [6, 6.07) is 5.20. The monoisotopic (exact) mass is 350 g/mol. The lowest BCUT2D eigenvalue weighted by Crippen LogP contribution is -2.15. The maximum absolute atomic E-state index is 12.3. The molecule has 1 amide bonds. The second-order valence-electron chi connectivity index (χ2n) is 4.47. The highest BCUT2D eigenvalue weighted by atomic mass is 79.9. The van der Waals surface area contributed by atoms with E-state index >= 15 is 0 Å². The van der Waals surface area contributed by atoms with E-state index in [4.69, 9.17) is 4.74 Å². The van der Waals surface area contributed by atoms with Gasteiger partial charge in [-0.2, -0.15) is 0 Å². The third-order valence-electron chi connectivity index (χ3n) is 2.71. The highest BCUT2D eigenvalue weighted by Crippen LogP contribution is 2.23. The van der Waals surface area contributed by atoms with E-state index in [9.17, 15) is 4.79 Å². The number of benzene rings is 1. The van der Waals surface area contributed by atoms with Crippen molar-refractivity contribution in [2.24, 2.45) is 0 Å². The fourth-order valence-corrected chi connectivity index (χ4v) is 2.05. The molecule has 0 spiro atoms. The number of hydrogen-bond donors (Lipinski definition) is 1. The molecule has 110 valence electrons. The van der Waals surface area contributed by atoms with E-state index in [0.717, 1.165) is 0 Å². The second kappa shape index (κ2) is 6.53. The number of hydrogen-bond acceptors (Lipinski definition) is 5. The van der Waals surface area contributed by atoms with Gasteiger partial charge in [-0.3, -0.25) is 4.79 Å². The number of nitrogens with one attached hydrogen (secondary N) is 1. The van der Waals surface area contributed by atoms with Gasteiger partial charge in [0.1, 0.15) is 5.75 Å². The van der Waals surface area contributed by atoms with Gasteiger partial charge < -0.3 is 15.0 Å². The van der Waals surface area contributed by atoms with Crippen molar-refractivity contribution >= 4 is 33.5 Å². The maximum Gasteiger partial charge on any atom is 0.257 e. The fourth-order valence-electron chi connectivity index (χ4n) is 1.62. The van der Waals surface area contributed by atoms with Crippen LogP contribution in [0.15, 0.2) is 35.1 Å². The van der Waals surface area contributed by atoms with Crippen molar-refractivity contribution < 1.29 is 9.53 Å². The lowest BCUT2D eigenvalue weighted by atomic mass is 10.2. The van der Waals surface area contributed by atoms with Crippen LogP contribution in [0, 0.1) is 0 Å². The lowest BCUT2D eigenvalue weighted by Gasteiger charge is -2.11. The van der Waals surface area contributed by atoms with Gasteiger partial charge in [0, 0.05) is 18.6 Å².